The predicted octanol–water partition coefficient (Wildman–Crippen LogP) is 3.64. The second-order valence-corrected chi connectivity index (χ2v) is 9.48. The summed E-state index contributed by atoms with van der Waals surface area (Å²) in [7, 11) is 0. The Morgan fingerprint density at radius 1 is 1.11 bits per heavy atom. The van der Waals surface area contributed by atoms with Crippen LogP contribution in [0.3, 0.4) is 0 Å². The molecule has 164 valence electrons. The number of halogens is 2. The molecular formula is C22H40ClFN2O2. The normalized spacial score (nSPS) is 25.7. The lowest BCUT2D eigenvalue weighted by molar-refractivity contribution is 0.163. The maximum atomic E-state index is 13.5. The minimum Gasteiger partial charge on any atom is -0.412 e. The molecule has 0 aromatic heterocycles. The summed E-state index contributed by atoms with van der Waals surface area (Å²) in [6.07, 6.45) is 12.3. The number of hydrogen-bond donors (Lipinski definition) is 1. The van der Waals surface area contributed by atoms with Gasteiger partial charge in [0.15, 0.2) is 0 Å². The summed E-state index contributed by atoms with van der Waals surface area (Å²) < 4.78 is 13.5. The van der Waals surface area contributed by atoms with Crippen molar-refractivity contribution in [1.82, 2.24) is 10.2 Å². The molecule has 0 amide bonds. The Kier molecular flexibility index (Phi) is 11.2. The molecule has 3 rings (SSSR count). The van der Waals surface area contributed by atoms with E-state index in [0.29, 0.717) is 24.3 Å². The largest absolute Gasteiger partial charge is 0.412 e. The van der Waals surface area contributed by atoms with Crippen LogP contribution >= 0.6 is 11.6 Å². The van der Waals surface area contributed by atoms with E-state index in [4.69, 9.17) is 11.6 Å². The van der Waals surface area contributed by atoms with Crippen LogP contribution in [0.4, 0.5) is 4.39 Å². The van der Waals surface area contributed by atoms with E-state index in [1.807, 2.05) is 6.08 Å². The molecule has 1 unspecified atom stereocenters. The molecule has 0 bridgehead atoms. The third kappa shape index (κ3) is 7.10. The number of rotatable bonds is 7. The summed E-state index contributed by atoms with van der Waals surface area (Å²) in [6, 6.07) is 0.588. The molecule has 1 saturated carbocycles. The van der Waals surface area contributed by atoms with Gasteiger partial charge in [0, 0.05) is 12.6 Å². The van der Waals surface area contributed by atoms with Gasteiger partial charge < -0.3 is 21.2 Å². The number of nitrogens with zero attached hydrogens (tertiary/aromatic N) is 1. The van der Waals surface area contributed by atoms with E-state index in [2.05, 4.69) is 24.1 Å². The topological polar surface area (TPSA) is 78.3 Å². The van der Waals surface area contributed by atoms with Crippen LogP contribution in [0.2, 0.25) is 0 Å². The first-order chi connectivity index (χ1) is 12.5. The number of likely N-dealkylation sites (tertiary alicyclic amines) is 1. The van der Waals surface area contributed by atoms with Gasteiger partial charge in [-0.1, -0.05) is 38.3 Å². The first kappa shape index (κ1) is 25.6. The van der Waals surface area contributed by atoms with Crippen molar-refractivity contribution in [2.75, 3.05) is 26.2 Å². The van der Waals surface area contributed by atoms with Crippen LogP contribution in [-0.2, 0) is 0 Å². The maximum Gasteiger partial charge on any atom is 0.118 e. The highest BCUT2D eigenvalue weighted by Crippen LogP contribution is 2.34. The second-order valence-electron chi connectivity index (χ2n) is 8.95. The van der Waals surface area contributed by atoms with Gasteiger partial charge in [-0.25, -0.2) is 4.39 Å². The van der Waals surface area contributed by atoms with Crippen LogP contribution in [-0.4, -0.2) is 53.5 Å². The van der Waals surface area contributed by atoms with Gasteiger partial charge in [0.05, 0.1) is 5.38 Å². The summed E-state index contributed by atoms with van der Waals surface area (Å²) in [5.41, 5.74) is 1.35. The fraction of sp³-hybridized carbons (Fsp3) is 0.818. The minimum atomic E-state index is -0.446. The van der Waals surface area contributed by atoms with Gasteiger partial charge in [-0.15, -0.1) is 11.6 Å². The van der Waals surface area contributed by atoms with Crippen molar-refractivity contribution in [2.45, 2.75) is 70.2 Å². The smallest absolute Gasteiger partial charge is 0.118 e. The van der Waals surface area contributed by atoms with E-state index in [1.165, 1.54) is 50.6 Å². The van der Waals surface area contributed by atoms with Crippen molar-refractivity contribution in [1.29, 1.82) is 0 Å². The first-order valence-electron chi connectivity index (χ1n) is 10.7. The average molecular weight is 419 g/mol. The molecule has 4 nitrogen and oxygen atoms in total. The van der Waals surface area contributed by atoms with Crippen LogP contribution in [0.15, 0.2) is 23.6 Å². The zero-order valence-corrected chi connectivity index (χ0v) is 18.3. The lowest BCUT2D eigenvalue weighted by Crippen LogP contribution is -2.47. The third-order valence-electron chi connectivity index (χ3n) is 6.69. The van der Waals surface area contributed by atoms with Crippen molar-refractivity contribution in [3.8, 4) is 0 Å². The Balaban J connectivity index is 0.00000196. The van der Waals surface area contributed by atoms with Crippen molar-refractivity contribution in [3.63, 3.8) is 0 Å². The summed E-state index contributed by atoms with van der Waals surface area (Å²) in [4.78, 5) is 2.63. The van der Waals surface area contributed by atoms with E-state index in [0.717, 1.165) is 25.6 Å². The van der Waals surface area contributed by atoms with Crippen molar-refractivity contribution >= 4 is 11.6 Å². The molecule has 0 aromatic rings. The SMILES string of the molecule is CC(C)[C@H](CN1CCC(C2=CC=C(F)C(Cl)C2)CC1)NCC1CCCC1.O.O. The number of piperidine rings is 1. The highest BCUT2D eigenvalue weighted by Gasteiger charge is 2.28. The highest BCUT2D eigenvalue weighted by atomic mass is 35.5. The molecule has 2 atom stereocenters. The summed E-state index contributed by atoms with van der Waals surface area (Å²) in [5, 5.41) is 3.43. The van der Waals surface area contributed by atoms with E-state index in [1.54, 1.807) is 6.08 Å². The number of alkyl halides is 1. The maximum absolute atomic E-state index is 13.5. The Morgan fingerprint density at radius 2 is 1.75 bits per heavy atom. The number of hydrogen-bond acceptors (Lipinski definition) is 2. The molecule has 2 aliphatic carbocycles. The van der Waals surface area contributed by atoms with E-state index >= 15 is 0 Å². The quantitative estimate of drug-likeness (QED) is 0.640. The lowest BCUT2D eigenvalue weighted by Gasteiger charge is -2.37. The Bertz CT molecular complexity index is 513. The molecule has 3 aliphatic rings. The molecule has 0 radical (unpaired) electrons. The Hall–Kier alpha value is -0.460. The van der Waals surface area contributed by atoms with Crippen LogP contribution in [0.25, 0.3) is 0 Å². The predicted molar refractivity (Wildman–Crippen MR) is 117 cm³/mol. The van der Waals surface area contributed by atoms with Crippen molar-refractivity contribution in [3.05, 3.63) is 23.6 Å². The molecule has 5 N–H and O–H groups in total. The van der Waals surface area contributed by atoms with Crippen molar-refractivity contribution in [2.24, 2.45) is 17.8 Å². The molecule has 1 heterocycles. The van der Waals surface area contributed by atoms with Crippen LogP contribution < -0.4 is 5.32 Å². The zero-order chi connectivity index (χ0) is 18.5. The molecular weight excluding hydrogens is 379 g/mol. The Morgan fingerprint density at radius 3 is 2.32 bits per heavy atom. The summed E-state index contributed by atoms with van der Waals surface area (Å²) in [6.45, 7) is 9.33. The molecule has 0 aromatic carbocycles. The van der Waals surface area contributed by atoms with Gasteiger partial charge in [0.2, 0.25) is 0 Å². The van der Waals surface area contributed by atoms with E-state index in [-0.39, 0.29) is 16.8 Å². The lowest BCUT2D eigenvalue weighted by atomic mass is 9.84. The molecule has 28 heavy (non-hydrogen) atoms. The highest BCUT2D eigenvalue weighted by molar-refractivity contribution is 6.22. The van der Waals surface area contributed by atoms with Gasteiger partial charge in [-0.2, -0.15) is 0 Å². The number of allylic oxidation sites excluding steroid dienone is 4. The van der Waals surface area contributed by atoms with Gasteiger partial charge >= 0.3 is 0 Å². The first-order valence-corrected chi connectivity index (χ1v) is 11.1. The van der Waals surface area contributed by atoms with E-state index < -0.39 is 5.38 Å². The molecule has 2 fully saturated rings. The molecule has 1 aliphatic heterocycles. The molecule has 1 saturated heterocycles. The summed E-state index contributed by atoms with van der Waals surface area (Å²) in [5.74, 6) is 1.97. The van der Waals surface area contributed by atoms with Gasteiger partial charge in [-0.05, 0) is 75.6 Å². The minimum absolute atomic E-state index is 0. The monoisotopic (exact) mass is 418 g/mol. The Labute approximate surface area is 175 Å². The second kappa shape index (κ2) is 12.3. The van der Waals surface area contributed by atoms with Gasteiger partial charge in [-0.3, -0.25) is 0 Å². The van der Waals surface area contributed by atoms with Crippen LogP contribution in [0, 0.1) is 17.8 Å². The number of nitrogens with one attached hydrogen (secondary N) is 1. The van der Waals surface area contributed by atoms with Crippen LogP contribution in [0.1, 0.15) is 58.8 Å². The van der Waals surface area contributed by atoms with Crippen LogP contribution in [0.5, 0.6) is 0 Å². The summed E-state index contributed by atoms with van der Waals surface area (Å²) >= 11 is 6.10. The van der Waals surface area contributed by atoms with Gasteiger partial charge in [0.25, 0.3) is 0 Å². The molecule has 6 heteroatoms. The van der Waals surface area contributed by atoms with Gasteiger partial charge in [0.1, 0.15) is 5.83 Å². The standard InChI is InChI=1S/C22H36ClFN2.2H2O/c1-16(2)22(25-14-17-5-3-4-6-17)15-26-11-9-18(10-12-26)19-7-8-21(24)20(23)13-19;;/h7-8,16-18,20,22,25H,3-6,9-15H2,1-2H3;2*1H2/t20?,22-;;/m0../s1. The fourth-order valence-corrected chi connectivity index (χ4v) is 5.03. The average Bonchev–Trinajstić information content (AvgIpc) is 3.15. The van der Waals surface area contributed by atoms with Crippen molar-refractivity contribution < 1.29 is 15.3 Å². The zero-order valence-electron chi connectivity index (χ0n) is 17.5. The van der Waals surface area contributed by atoms with E-state index in [9.17, 15) is 4.39 Å². The third-order valence-corrected chi connectivity index (χ3v) is 7.05. The molecule has 0 spiro atoms. The fourth-order valence-electron chi connectivity index (χ4n) is 4.77.